The molecule has 1 aliphatic heterocycles. The molecule has 4 amide bonds. The van der Waals surface area contributed by atoms with Crippen molar-refractivity contribution in [3.8, 4) is 11.5 Å². The van der Waals surface area contributed by atoms with E-state index in [0.29, 0.717) is 17.2 Å². The lowest BCUT2D eigenvalue weighted by molar-refractivity contribution is -0.124. The normalized spacial score (nSPS) is 15.3. The number of amides is 4. The summed E-state index contributed by atoms with van der Waals surface area (Å²) in [5, 5.41) is 2.75. The first-order valence-corrected chi connectivity index (χ1v) is 10.9. The number of halogens is 1. The number of carbonyl (C=O) groups excluding carboxylic acids is 3. The van der Waals surface area contributed by atoms with E-state index in [0.717, 1.165) is 10.5 Å². The summed E-state index contributed by atoms with van der Waals surface area (Å²) < 4.78 is 23.7. The van der Waals surface area contributed by atoms with Gasteiger partial charge in [-0.2, -0.15) is 0 Å². The Hall–Kier alpha value is -4.40. The van der Waals surface area contributed by atoms with Crippen molar-refractivity contribution in [3.63, 3.8) is 0 Å². The molecule has 35 heavy (non-hydrogen) atoms. The van der Waals surface area contributed by atoms with E-state index < -0.39 is 29.7 Å². The van der Waals surface area contributed by atoms with Gasteiger partial charge in [0.15, 0.2) is 0 Å². The first kappa shape index (κ1) is 23.7. The van der Waals surface area contributed by atoms with Gasteiger partial charge in [0.1, 0.15) is 23.4 Å². The molecule has 1 saturated heterocycles. The highest BCUT2D eigenvalue weighted by molar-refractivity contribution is 6.22. The van der Waals surface area contributed by atoms with E-state index in [1.807, 2.05) is 0 Å². The number of methoxy groups -OCH3 is 2. The van der Waals surface area contributed by atoms with Crippen LogP contribution in [0.15, 0.2) is 72.8 Å². The minimum absolute atomic E-state index is 0.104. The average Bonchev–Trinajstić information content (AvgIpc) is 3.09. The molecule has 1 N–H and O–H groups in total. The Morgan fingerprint density at radius 3 is 2.03 bits per heavy atom. The van der Waals surface area contributed by atoms with Crippen LogP contribution in [0.5, 0.6) is 11.5 Å². The maximum Gasteiger partial charge on any atom is 0.332 e. The lowest BCUT2D eigenvalue weighted by Gasteiger charge is -2.22. The van der Waals surface area contributed by atoms with Gasteiger partial charge in [0.05, 0.1) is 26.3 Å². The Morgan fingerprint density at radius 1 is 0.886 bits per heavy atom. The Labute approximate surface area is 201 Å². The Kier molecular flexibility index (Phi) is 6.96. The molecular weight excluding hydrogens is 453 g/mol. The zero-order valence-corrected chi connectivity index (χ0v) is 19.2. The van der Waals surface area contributed by atoms with Crippen molar-refractivity contribution in [1.82, 2.24) is 4.90 Å². The summed E-state index contributed by atoms with van der Waals surface area (Å²) in [6, 6.07) is 17.3. The van der Waals surface area contributed by atoms with E-state index in [1.165, 1.54) is 29.2 Å². The minimum Gasteiger partial charge on any atom is -0.497 e. The number of hydrogen-bond acceptors (Lipinski definition) is 5. The Bertz CT molecular complexity index is 1210. The third-order valence-electron chi connectivity index (χ3n) is 5.67. The van der Waals surface area contributed by atoms with E-state index in [9.17, 15) is 18.8 Å². The molecule has 0 radical (unpaired) electrons. The molecule has 3 aromatic carbocycles. The molecule has 1 atom stereocenters. The quantitative estimate of drug-likeness (QED) is 0.491. The number of hydrogen-bond donors (Lipinski definition) is 1. The largest absolute Gasteiger partial charge is 0.497 e. The summed E-state index contributed by atoms with van der Waals surface area (Å²) in [6.45, 7) is 0.104. The van der Waals surface area contributed by atoms with E-state index in [4.69, 9.17) is 9.47 Å². The number of rotatable bonds is 8. The molecule has 0 unspecified atom stereocenters. The number of ether oxygens (including phenoxy) is 2. The predicted molar refractivity (Wildman–Crippen MR) is 128 cm³/mol. The van der Waals surface area contributed by atoms with Crippen LogP contribution in [0.2, 0.25) is 0 Å². The summed E-state index contributed by atoms with van der Waals surface area (Å²) in [5.74, 6) is -0.179. The molecule has 0 spiro atoms. The maximum absolute atomic E-state index is 13.4. The van der Waals surface area contributed by atoms with E-state index in [-0.39, 0.29) is 18.7 Å². The van der Waals surface area contributed by atoms with Gasteiger partial charge in [-0.1, -0.05) is 12.1 Å². The summed E-state index contributed by atoms with van der Waals surface area (Å²) in [7, 11) is 3.09. The van der Waals surface area contributed by atoms with Gasteiger partial charge in [-0.15, -0.1) is 0 Å². The Balaban J connectivity index is 1.58. The predicted octanol–water partition coefficient (Wildman–Crippen LogP) is 4.21. The topological polar surface area (TPSA) is 88.2 Å². The highest BCUT2D eigenvalue weighted by Gasteiger charge is 2.46. The second-order valence-electron chi connectivity index (χ2n) is 7.91. The summed E-state index contributed by atoms with van der Waals surface area (Å²) >= 11 is 0. The van der Waals surface area contributed by atoms with Crippen LogP contribution < -0.4 is 19.7 Å². The van der Waals surface area contributed by atoms with Gasteiger partial charge in [-0.05, 0) is 66.2 Å². The van der Waals surface area contributed by atoms with Crippen LogP contribution in [0, 0.1) is 5.82 Å². The van der Waals surface area contributed by atoms with Gasteiger partial charge in [0.2, 0.25) is 5.91 Å². The smallest absolute Gasteiger partial charge is 0.332 e. The SMILES string of the molecule is COc1ccc(CN2C(=O)N(c3ccc(F)cc3)C(=O)[C@H]2CC(=O)Nc2ccc(OC)cc2)cc1. The Morgan fingerprint density at radius 2 is 1.46 bits per heavy atom. The molecule has 4 rings (SSSR count). The van der Waals surface area contributed by atoms with Crippen molar-refractivity contribution >= 4 is 29.2 Å². The molecule has 0 aromatic heterocycles. The van der Waals surface area contributed by atoms with E-state index in [1.54, 1.807) is 62.8 Å². The van der Waals surface area contributed by atoms with Crippen LogP contribution in [0.1, 0.15) is 12.0 Å². The molecule has 0 bridgehead atoms. The third-order valence-corrected chi connectivity index (χ3v) is 5.67. The summed E-state index contributed by atoms with van der Waals surface area (Å²) in [4.78, 5) is 41.8. The van der Waals surface area contributed by atoms with E-state index >= 15 is 0 Å². The number of anilines is 2. The van der Waals surface area contributed by atoms with Crippen molar-refractivity contribution < 1.29 is 28.2 Å². The van der Waals surface area contributed by atoms with Crippen LogP contribution in [-0.4, -0.2) is 43.0 Å². The molecule has 0 aliphatic carbocycles. The number of carbonyl (C=O) groups is 3. The first-order chi connectivity index (χ1) is 16.9. The highest BCUT2D eigenvalue weighted by Crippen LogP contribution is 2.29. The minimum atomic E-state index is -1.03. The zero-order valence-electron chi connectivity index (χ0n) is 19.2. The van der Waals surface area contributed by atoms with Gasteiger partial charge in [0.25, 0.3) is 5.91 Å². The number of nitrogens with one attached hydrogen (secondary N) is 1. The van der Waals surface area contributed by atoms with Gasteiger partial charge in [-0.25, -0.2) is 14.1 Å². The third kappa shape index (κ3) is 5.24. The fraction of sp³-hybridized carbons (Fsp3) is 0.192. The van der Waals surface area contributed by atoms with Gasteiger partial charge in [0, 0.05) is 12.2 Å². The van der Waals surface area contributed by atoms with Crippen molar-refractivity contribution in [2.24, 2.45) is 0 Å². The molecule has 180 valence electrons. The van der Waals surface area contributed by atoms with Crippen LogP contribution in [-0.2, 0) is 16.1 Å². The molecule has 8 nitrogen and oxygen atoms in total. The van der Waals surface area contributed by atoms with Gasteiger partial charge >= 0.3 is 6.03 Å². The number of imide groups is 1. The first-order valence-electron chi connectivity index (χ1n) is 10.9. The lowest BCUT2D eigenvalue weighted by atomic mass is 10.1. The molecule has 0 saturated carbocycles. The molecule has 9 heteroatoms. The van der Waals surface area contributed by atoms with Crippen molar-refractivity contribution in [2.75, 3.05) is 24.4 Å². The van der Waals surface area contributed by atoms with Crippen molar-refractivity contribution in [3.05, 3.63) is 84.2 Å². The number of nitrogens with zero attached hydrogens (tertiary/aromatic N) is 2. The summed E-state index contributed by atoms with van der Waals surface area (Å²) in [6.07, 6.45) is -0.246. The van der Waals surface area contributed by atoms with Crippen molar-refractivity contribution in [2.45, 2.75) is 19.0 Å². The van der Waals surface area contributed by atoms with E-state index in [2.05, 4.69) is 5.32 Å². The van der Waals surface area contributed by atoms with Crippen molar-refractivity contribution in [1.29, 1.82) is 0 Å². The monoisotopic (exact) mass is 477 g/mol. The van der Waals surface area contributed by atoms with Crippen LogP contribution in [0.4, 0.5) is 20.6 Å². The molecule has 1 heterocycles. The van der Waals surface area contributed by atoms with Crippen LogP contribution in [0.3, 0.4) is 0 Å². The fourth-order valence-electron chi connectivity index (χ4n) is 3.83. The fourth-order valence-corrected chi connectivity index (χ4v) is 3.83. The highest BCUT2D eigenvalue weighted by atomic mass is 19.1. The number of urea groups is 1. The molecule has 1 fully saturated rings. The second-order valence-corrected chi connectivity index (χ2v) is 7.91. The lowest BCUT2D eigenvalue weighted by Crippen LogP contribution is -2.37. The molecule has 3 aromatic rings. The zero-order chi connectivity index (χ0) is 24.9. The van der Waals surface area contributed by atoms with Crippen LogP contribution >= 0.6 is 0 Å². The van der Waals surface area contributed by atoms with Gasteiger partial charge in [-0.3, -0.25) is 9.59 Å². The standard InChI is InChI=1S/C26H24FN3O5/c1-34-21-11-3-17(4-12-21)16-29-23(15-24(31)28-19-7-13-22(35-2)14-8-19)25(32)30(26(29)33)20-9-5-18(27)6-10-20/h3-14,23H,15-16H2,1-2H3,(H,28,31)/t23-/m1/s1. The van der Waals surface area contributed by atoms with Crippen LogP contribution in [0.25, 0.3) is 0 Å². The average molecular weight is 477 g/mol. The summed E-state index contributed by atoms with van der Waals surface area (Å²) in [5.41, 5.74) is 1.53. The maximum atomic E-state index is 13.4. The number of benzene rings is 3. The molecule has 1 aliphatic rings. The van der Waals surface area contributed by atoms with Gasteiger partial charge < -0.3 is 19.7 Å². The molecular formula is C26H24FN3O5. The second kappa shape index (κ2) is 10.3.